The number of carbonyl (C=O) groups is 2. The molecule has 8 heteroatoms. The first-order chi connectivity index (χ1) is 17.6. The highest BCUT2D eigenvalue weighted by atomic mass is 16.2. The summed E-state index contributed by atoms with van der Waals surface area (Å²) in [5.41, 5.74) is 5.45. The van der Waals surface area contributed by atoms with Gasteiger partial charge in [-0.15, -0.1) is 0 Å². The molecule has 1 aromatic carbocycles. The van der Waals surface area contributed by atoms with Crippen LogP contribution in [0.5, 0.6) is 0 Å². The molecular weight excluding hydrogens is 452 g/mol. The summed E-state index contributed by atoms with van der Waals surface area (Å²) in [6.45, 7) is 3.93. The standard InChI is InChI=1S/C28H30N6O2/c1-2-20-3-8-25(30-18-20)27(35)34-14-10-23(11-15-34)22-4-6-24(7-5-22)32-28(36)31-19-21-9-13-33-16-12-29-26(33)17-21/h3-9,12-13,16-18,23H,2,10-11,14-15,19H2,1H3,(H2,31,32,36). The topological polar surface area (TPSA) is 91.6 Å². The van der Waals surface area contributed by atoms with Gasteiger partial charge in [-0.2, -0.15) is 0 Å². The number of nitrogens with one attached hydrogen (secondary N) is 2. The van der Waals surface area contributed by atoms with E-state index in [1.165, 1.54) is 5.56 Å². The Balaban J connectivity index is 1.10. The lowest BCUT2D eigenvalue weighted by atomic mass is 9.89. The van der Waals surface area contributed by atoms with E-state index in [1.807, 2.05) is 58.1 Å². The minimum atomic E-state index is -0.252. The van der Waals surface area contributed by atoms with Crippen LogP contribution >= 0.6 is 0 Å². The molecule has 4 heterocycles. The van der Waals surface area contributed by atoms with Crippen LogP contribution in [0.4, 0.5) is 10.5 Å². The van der Waals surface area contributed by atoms with Crippen molar-refractivity contribution in [1.82, 2.24) is 24.6 Å². The van der Waals surface area contributed by atoms with Gasteiger partial charge in [-0.05, 0) is 72.2 Å². The number of likely N-dealkylation sites (tertiary alicyclic amines) is 1. The monoisotopic (exact) mass is 482 g/mol. The molecule has 0 radical (unpaired) electrons. The summed E-state index contributed by atoms with van der Waals surface area (Å²) in [5, 5.41) is 5.78. The minimum Gasteiger partial charge on any atom is -0.337 e. The number of imidazole rings is 1. The first kappa shape index (κ1) is 23.5. The maximum Gasteiger partial charge on any atom is 0.319 e. The van der Waals surface area contributed by atoms with Gasteiger partial charge in [-0.25, -0.2) is 9.78 Å². The van der Waals surface area contributed by atoms with Crippen LogP contribution in [0.1, 0.15) is 52.9 Å². The van der Waals surface area contributed by atoms with Crippen LogP contribution in [0, 0.1) is 0 Å². The van der Waals surface area contributed by atoms with Gasteiger partial charge in [0.2, 0.25) is 0 Å². The Morgan fingerprint density at radius 3 is 2.50 bits per heavy atom. The fourth-order valence-corrected chi connectivity index (χ4v) is 4.60. The predicted octanol–water partition coefficient (Wildman–Crippen LogP) is 4.63. The molecule has 2 N–H and O–H groups in total. The normalized spacial score (nSPS) is 14.1. The number of nitrogens with zero attached hydrogens (tertiary/aromatic N) is 4. The summed E-state index contributed by atoms with van der Waals surface area (Å²) in [6.07, 6.45) is 10.1. The lowest BCUT2D eigenvalue weighted by Crippen LogP contribution is -2.38. The number of pyridine rings is 2. The number of fused-ring (bicyclic) bond motifs is 1. The van der Waals surface area contributed by atoms with Crippen molar-refractivity contribution < 1.29 is 9.59 Å². The van der Waals surface area contributed by atoms with Crippen molar-refractivity contribution in [3.05, 3.63) is 95.7 Å². The molecule has 0 bridgehead atoms. The molecule has 3 amide bonds. The molecule has 8 nitrogen and oxygen atoms in total. The van der Waals surface area contributed by atoms with E-state index in [0.717, 1.165) is 41.7 Å². The smallest absolute Gasteiger partial charge is 0.319 e. The maximum atomic E-state index is 12.8. The highest BCUT2D eigenvalue weighted by molar-refractivity contribution is 5.92. The van der Waals surface area contributed by atoms with Crippen molar-refractivity contribution in [3.8, 4) is 0 Å². The molecular formula is C28H30N6O2. The van der Waals surface area contributed by atoms with E-state index >= 15 is 0 Å². The zero-order valence-electron chi connectivity index (χ0n) is 20.4. The quantitative estimate of drug-likeness (QED) is 0.419. The first-order valence-corrected chi connectivity index (χ1v) is 12.4. The van der Waals surface area contributed by atoms with E-state index in [2.05, 4.69) is 39.7 Å². The number of benzene rings is 1. The number of piperidine rings is 1. The van der Waals surface area contributed by atoms with E-state index in [-0.39, 0.29) is 11.9 Å². The Bertz CT molecular complexity index is 1340. The third-order valence-electron chi connectivity index (χ3n) is 6.79. The number of amides is 3. The van der Waals surface area contributed by atoms with Gasteiger partial charge in [-0.1, -0.05) is 25.1 Å². The van der Waals surface area contributed by atoms with Crippen LogP contribution in [-0.4, -0.2) is 44.3 Å². The van der Waals surface area contributed by atoms with Crippen molar-refractivity contribution in [1.29, 1.82) is 0 Å². The number of aryl methyl sites for hydroxylation is 1. The summed E-state index contributed by atoms with van der Waals surface area (Å²) in [4.78, 5) is 35.6. The van der Waals surface area contributed by atoms with E-state index in [0.29, 0.717) is 31.2 Å². The molecule has 36 heavy (non-hydrogen) atoms. The molecule has 5 rings (SSSR count). The van der Waals surface area contributed by atoms with E-state index in [4.69, 9.17) is 0 Å². The van der Waals surface area contributed by atoms with Gasteiger partial charge in [0.1, 0.15) is 11.3 Å². The Labute approximate surface area is 210 Å². The third kappa shape index (κ3) is 5.38. The van der Waals surface area contributed by atoms with Gasteiger partial charge in [0.15, 0.2) is 0 Å². The zero-order valence-corrected chi connectivity index (χ0v) is 20.4. The summed E-state index contributed by atoms with van der Waals surface area (Å²) in [7, 11) is 0. The number of anilines is 1. The number of hydrogen-bond donors (Lipinski definition) is 2. The van der Waals surface area contributed by atoms with Crippen LogP contribution in [0.15, 0.2) is 73.3 Å². The van der Waals surface area contributed by atoms with Gasteiger partial charge in [0, 0.05) is 50.1 Å². The Kier molecular flexibility index (Phi) is 6.93. The molecule has 3 aromatic heterocycles. The molecule has 4 aromatic rings. The maximum absolute atomic E-state index is 12.8. The SMILES string of the molecule is CCc1ccc(C(=O)N2CCC(c3ccc(NC(=O)NCc4ccn5ccnc5c4)cc3)CC2)nc1. The number of carbonyl (C=O) groups excluding carboxylic acids is 2. The largest absolute Gasteiger partial charge is 0.337 e. The fraction of sp³-hybridized carbons (Fsp3) is 0.286. The highest BCUT2D eigenvalue weighted by Gasteiger charge is 2.25. The summed E-state index contributed by atoms with van der Waals surface area (Å²) in [5.74, 6) is 0.399. The first-order valence-electron chi connectivity index (χ1n) is 12.4. The summed E-state index contributed by atoms with van der Waals surface area (Å²) < 4.78 is 1.93. The van der Waals surface area contributed by atoms with Crippen LogP contribution in [0.3, 0.4) is 0 Å². The second-order valence-corrected chi connectivity index (χ2v) is 9.13. The highest BCUT2D eigenvalue weighted by Crippen LogP contribution is 2.29. The molecule has 1 aliphatic heterocycles. The fourth-order valence-electron chi connectivity index (χ4n) is 4.60. The average molecular weight is 483 g/mol. The minimum absolute atomic E-state index is 0.00590. The molecule has 0 unspecified atom stereocenters. The lowest BCUT2D eigenvalue weighted by Gasteiger charge is -2.32. The molecule has 0 saturated carbocycles. The molecule has 0 aliphatic carbocycles. The molecule has 0 spiro atoms. The van der Waals surface area contributed by atoms with Gasteiger partial charge >= 0.3 is 6.03 Å². The van der Waals surface area contributed by atoms with Crippen molar-refractivity contribution >= 4 is 23.3 Å². The third-order valence-corrected chi connectivity index (χ3v) is 6.79. The van der Waals surface area contributed by atoms with Crippen LogP contribution in [0.2, 0.25) is 0 Å². The molecule has 1 saturated heterocycles. The van der Waals surface area contributed by atoms with Crippen molar-refractivity contribution in [2.24, 2.45) is 0 Å². The number of aromatic nitrogens is 3. The second kappa shape index (κ2) is 10.6. The van der Waals surface area contributed by atoms with E-state index < -0.39 is 0 Å². The van der Waals surface area contributed by atoms with Crippen molar-refractivity contribution in [2.45, 2.75) is 38.6 Å². The predicted molar refractivity (Wildman–Crippen MR) is 139 cm³/mol. The van der Waals surface area contributed by atoms with E-state index in [9.17, 15) is 9.59 Å². The molecule has 184 valence electrons. The lowest BCUT2D eigenvalue weighted by molar-refractivity contribution is 0.0707. The Hall–Kier alpha value is -4.20. The van der Waals surface area contributed by atoms with Gasteiger partial charge in [0.05, 0.1) is 0 Å². The average Bonchev–Trinajstić information content (AvgIpc) is 3.40. The Morgan fingerprint density at radius 1 is 0.972 bits per heavy atom. The number of hydrogen-bond acceptors (Lipinski definition) is 4. The zero-order chi connectivity index (χ0) is 24.9. The molecule has 1 aliphatic rings. The Morgan fingerprint density at radius 2 is 1.78 bits per heavy atom. The number of rotatable bonds is 6. The molecule has 0 atom stereocenters. The van der Waals surface area contributed by atoms with Gasteiger partial charge < -0.3 is 19.9 Å². The van der Waals surface area contributed by atoms with Crippen molar-refractivity contribution in [3.63, 3.8) is 0 Å². The van der Waals surface area contributed by atoms with Gasteiger partial charge in [0.25, 0.3) is 5.91 Å². The molecule has 1 fully saturated rings. The van der Waals surface area contributed by atoms with Crippen molar-refractivity contribution in [2.75, 3.05) is 18.4 Å². The summed E-state index contributed by atoms with van der Waals surface area (Å²) in [6, 6.07) is 15.5. The van der Waals surface area contributed by atoms with Gasteiger partial charge in [-0.3, -0.25) is 9.78 Å². The second-order valence-electron chi connectivity index (χ2n) is 9.13. The number of urea groups is 1. The van der Waals surface area contributed by atoms with Crippen LogP contribution in [0.25, 0.3) is 5.65 Å². The van der Waals surface area contributed by atoms with Crippen LogP contribution in [-0.2, 0) is 13.0 Å². The van der Waals surface area contributed by atoms with Crippen LogP contribution < -0.4 is 10.6 Å². The summed E-state index contributed by atoms with van der Waals surface area (Å²) >= 11 is 0. The van der Waals surface area contributed by atoms with E-state index in [1.54, 1.807) is 12.4 Å².